The number of amides is 1. The van der Waals surface area contributed by atoms with Gasteiger partial charge in [-0.2, -0.15) is 0 Å². The van der Waals surface area contributed by atoms with Crippen molar-refractivity contribution >= 4 is 38.9 Å². The topological polar surface area (TPSA) is 93.6 Å². The molecular weight excluding hydrogens is 436 g/mol. The van der Waals surface area contributed by atoms with E-state index in [0.717, 1.165) is 42.9 Å². The molecule has 2 heterocycles. The van der Waals surface area contributed by atoms with Crippen molar-refractivity contribution in [3.05, 3.63) is 58.1 Å². The van der Waals surface area contributed by atoms with Crippen molar-refractivity contribution in [2.24, 2.45) is 0 Å². The van der Waals surface area contributed by atoms with Gasteiger partial charge in [-0.3, -0.25) is 15.1 Å². The van der Waals surface area contributed by atoms with Crippen molar-refractivity contribution in [3.63, 3.8) is 0 Å². The summed E-state index contributed by atoms with van der Waals surface area (Å²) in [5, 5.41) is 12.0. The molecule has 0 spiro atoms. The Kier molecular flexibility index (Phi) is 6.05. The van der Waals surface area contributed by atoms with E-state index in [1.54, 1.807) is 24.3 Å². The number of anilines is 1. The number of carbonyl (C=O) groups is 1. The number of benzene rings is 2. The normalized spacial score (nSPS) is 16.8. The summed E-state index contributed by atoms with van der Waals surface area (Å²) < 4.78 is 24.1. The Morgan fingerprint density at radius 2 is 1.87 bits per heavy atom. The monoisotopic (exact) mass is 460 g/mol. The summed E-state index contributed by atoms with van der Waals surface area (Å²) in [6.07, 6.45) is 2.36. The highest BCUT2D eigenvalue weighted by molar-refractivity contribution is 7.90. The lowest BCUT2D eigenvalue weighted by Crippen LogP contribution is -2.49. The third-order valence-corrected chi connectivity index (χ3v) is 7.33. The summed E-state index contributed by atoms with van der Waals surface area (Å²) in [5.74, 6) is 0.249. The average Bonchev–Trinajstić information content (AvgIpc) is 3.10. The third kappa shape index (κ3) is 4.76. The second kappa shape index (κ2) is 8.61. The van der Waals surface area contributed by atoms with E-state index >= 15 is 0 Å². The molecule has 2 N–H and O–H groups in total. The van der Waals surface area contributed by atoms with Gasteiger partial charge in [0.15, 0.2) is 9.84 Å². The average molecular weight is 461 g/mol. The van der Waals surface area contributed by atoms with Gasteiger partial charge in [-0.15, -0.1) is 0 Å². The van der Waals surface area contributed by atoms with Crippen LogP contribution >= 0.6 is 11.6 Å². The Morgan fingerprint density at radius 3 is 2.58 bits per heavy atom. The van der Waals surface area contributed by atoms with Crippen LogP contribution in [-0.4, -0.2) is 68.9 Å². The summed E-state index contributed by atoms with van der Waals surface area (Å²) in [6, 6.07) is 10.5. The lowest BCUT2D eigenvalue weighted by molar-refractivity contribution is -0.115. The molecule has 0 radical (unpaired) electrons. The van der Waals surface area contributed by atoms with Crippen LogP contribution in [0.25, 0.3) is 0 Å². The van der Waals surface area contributed by atoms with Crippen molar-refractivity contribution in [1.82, 2.24) is 9.80 Å². The second-order valence-electron chi connectivity index (χ2n) is 8.02. The number of nitrogens with one attached hydrogen (secondary N) is 2. The molecule has 0 saturated carbocycles. The Balaban J connectivity index is 1.36. The van der Waals surface area contributed by atoms with Gasteiger partial charge in [0.05, 0.1) is 11.3 Å². The number of halogens is 1. The number of hydrogen-bond donors (Lipinski definition) is 2. The van der Waals surface area contributed by atoms with Crippen LogP contribution in [0.3, 0.4) is 0 Å². The highest BCUT2D eigenvalue weighted by Gasteiger charge is 2.24. The molecule has 1 fully saturated rings. The van der Waals surface area contributed by atoms with Crippen LogP contribution in [0.1, 0.15) is 16.7 Å². The minimum absolute atomic E-state index is 0.000710. The van der Waals surface area contributed by atoms with Gasteiger partial charge in [0, 0.05) is 55.3 Å². The number of nitrogens with zero attached hydrogens (tertiary/aromatic N) is 2. The molecule has 2 aliphatic heterocycles. The molecular formula is C22H25ClN4O3S. The highest BCUT2D eigenvalue weighted by atomic mass is 35.5. The van der Waals surface area contributed by atoms with Crippen molar-refractivity contribution in [1.29, 1.82) is 5.41 Å². The van der Waals surface area contributed by atoms with Gasteiger partial charge in [0.2, 0.25) is 5.91 Å². The molecule has 0 bridgehead atoms. The molecule has 2 aromatic carbocycles. The predicted octanol–water partition coefficient (Wildman–Crippen LogP) is 2.42. The van der Waals surface area contributed by atoms with Crippen molar-refractivity contribution in [2.75, 3.05) is 44.3 Å². The predicted molar refractivity (Wildman–Crippen MR) is 122 cm³/mol. The summed E-state index contributed by atoms with van der Waals surface area (Å²) in [6.45, 7) is 3.72. The number of amidine groups is 1. The molecule has 7 nitrogen and oxygen atoms in total. The van der Waals surface area contributed by atoms with Crippen molar-refractivity contribution in [2.45, 2.75) is 17.7 Å². The summed E-state index contributed by atoms with van der Waals surface area (Å²) >= 11 is 6.40. The Bertz CT molecular complexity index is 1140. The summed E-state index contributed by atoms with van der Waals surface area (Å²) in [4.78, 5) is 16.0. The van der Waals surface area contributed by atoms with Gasteiger partial charge in [-0.1, -0.05) is 29.8 Å². The Morgan fingerprint density at radius 1 is 1.16 bits per heavy atom. The maximum atomic E-state index is 12.1. The molecule has 1 amide bonds. The lowest BCUT2D eigenvalue weighted by Gasteiger charge is -2.36. The van der Waals surface area contributed by atoms with Crippen LogP contribution in [0.4, 0.5) is 5.69 Å². The molecule has 164 valence electrons. The van der Waals surface area contributed by atoms with E-state index in [2.05, 4.69) is 10.2 Å². The van der Waals surface area contributed by atoms with E-state index in [0.29, 0.717) is 30.1 Å². The first-order valence-electron chi connectivity index (χ1n) is 10.2. The van der Waals surface area contributed by atoms with E-state index in [1.165, 1.54) is 6.26 Å². The molecule has 0 aromatic heterocycles. The first-order chi connectivity index (χ1) is 14.7. The number of rotatable bonds is 5. The molecule has 2 aliphatic rings. The third-order valence-electron chi connectivity index (χ3n) is 5.82. The van der Waals surface area contributed by atoms with Crippen LogP contribution in [0, 0.1) is 5.41 Å². The SMILES string of the molecule is CS(=O)(=O)c1ccccc1C(=N)N1CCN(CCc2cc3c(cc2Cl)NC(=O)C3)CC1. The van der Waals surface area contributed by atoms with Gasteiger partial charge in [0.25, 0.3) is 0 Å². The molecule has 1 saturated heterocycles. The molecule has 9 heteroatoms. The van der Waals surface area contributed by atoms with E-state index in [9.17, 15) is 13.2 Å². The summed E-state index contributed by atoms with van der Waals surface area (Å²) in [5.41, 5.74) is 3.29. The first-order valence-corrected chi connectivity index (χ1v) is 12.5. The van der Waals surface area contributed by atoms with E-state index in [1.807, 2.05) is 17.0 Å². The zero-order valence-electron chi connectivity index (χ0n) is 17.3. The quantitative estimate of drug-likeness (QED) is 0.528. The van der Waals surface area contributed by atoms with Crippen LogP contribution < -0.4 is 5.32 Å². The fourth-order valence-corrected chi connectivity index (χ4v) is 5.27. The minimum atomic E-state index is -3.40. The molecule has 0 aliphatic carbocycles. The van der Waals surface area contributed by atoms with Crippen LogP contribution in [0.5, 0.6) is 0 Å². The molecule has 0 unspecified atom stereocenters. The van der Waals surface area contributed by atoms with Crippen molar-refractivity contribution in [3.8, 4) is 0 Å². The van der Waals surface area contributed by atoms with Gasteiger partial charge < -0.3 is 10.2 Å². The van der Waals surface area contributed by atoms with Crippen LogP contribution in [-0.2, 0) is 27.5 Å². The molecule has 0 atom stereocenters. The fourth-order valence-electron chi connectivity index (χ4n) is 4.12. The minimum Gasteiger partial charge on any atom is -0.354 e. The largest absolute Gasteiger partial charge is 0.354 e. The second-order valence-corrected chi connectivity index (χ2v) is 10.4. The number of carbonyl (C=O) groups excluding carboxylic acids is 1. The smallest absolute Gasteiger partial charge is 0.228 e. The number of piperazine rings is 1. The molecule has 31 heavy (non-hydrogen) atoms. The van der Waals surface area contributed by atoms with Gasteiger partial charge >= 0.3 is 0 Å². The van der Waals surface area contributed by atoms with Gasteiger partial charge in [0.1, 0.15) is 5.84 Å². The maximum absolute atomic E-state index is 12.1. The molecule has 4 rings (SSSR count). The fraction of sp³-hybridized carbons (Fsp3) is 0.364. The Labute approximate surface area is 187 Å². The van der Waals surface area contributed by atoms with Gasteiger partial charge in [-0.05, 0) is 35.7 Å². The lowest BCUT2D eigenvalue weighted by atomic mass is 10.1. The number of fused-ring (bicyclic) bond motifs is 1. The van der Waals surface area contributed by atoms with E-state index in [-0.39, 0.29) is 16.6 Å². The van der Waals surface area contributed by atoms with Crippen molar-refractivity contribution < 1.29 is 13.2 Å². The highest BCUT2D eigenvalue weighted by Crippen LogP contribution is 2.30. The van der Waals surface area contributed by atoms with Gasteiger partial charge in [-0.25, -0.2) is 8.42 Å². The first kappa shape index (κ1) is 21.8. The van der Waals surface area contributed by atoms with Crippen LogP contribution in [0.2, 0.25) is 5.02 Å². The van der Waals surface area contributed by atoms with E-state index < -0.39 is 9.84 Å². The number of hydrogen-bond acceptors (Lipinski definition) is 5. The summed E-state index contributed by atoms with van der Waals surface area (Å²) in [7, 11) is -3.40. The Hall–Kier alpha value is -2.42. The standard InChI is InChI=1S/C22H25ClN4O3S/c1-31(29,30)20-5-3-2-4-17(20)22(24)27-10-8-26(9-11-27)7-6-15-12-16-13-21(28)25-19(16)14-18(15)23/h2-5,12,14,24H,6-11,13H2,1H3,(H,25,28). The number of sulfone groups is 1. The zero-order chi connectivity index (χ0) is 22.2. The van der Waals surface area contributed by atoms with Crippen LogP contribution in [0.15, 0.2) is 41.3 Å². The molecule has 2 aromatic rings. The van der Waals surface area contributed by atoms with E-state index in [4.69, 9.17) is 17.0 Å². The maximum Gasteiger partial charge on any atom is 0.228 e. The zero-order valence-corrected chi connectivity index (χ0v) is 18.9.